The number of hydrogen-bond donors (Lipinski definition) is 1. The van der Waals surface area contributed by atoms with Crippen molar-refractivity contribution in [2.24, 2.45) is 0 Å². The highest BCUT2D eigenvalue weighted by Crippen LogP contribution is 2.18. The second-order valence-corrected chi connectivity index (χ2v) is 5.96. The lowest BCUT2D eigenvalue weighted by atomic mass is 10.0. The molecule has 2 rings (SSSR count). The number of nitrogens with one attached hydrogen (secondary N) is 1. The van der Waals surface area contributed by atoms with Crippen molar-refractivity contribution in [3.63, 3.8) is 0 Å². The average Bonchev–Trinajstić information content (AvgIpc) is 2.42. The van der Waals surface area contributed by atoms with Crippen LogP contribution in [0.5, 0.6) is 0 Å². The van der Waals surface area contributed by atoms with E-state index in [0.29, 0.717) is 12.1 Å². The van der Waals surface area contributed by atoms with Crippen molar-refractivity contribution in [2.45, 2.75) is 51.6 Å². The molecule has 1 heterocycles. The fourth-order valence-electron chi connectivity index (χ4n) is 2.89. The van der Waals surface area contributed by atoms with Crippen LogP contribution in [0, 0.1) is 0 Å². The van der Waals surface area contributed by atoms with Crippen LogP contribution in [0.2, 0.25) is 0 Å². The molecule has 1 aromatic rings. The molecule has 2 heteroatoms. The Bertz CT molecular complexity index is 363. The lowest BCUT2D eigenvalue weighted by Crippen LogP contribution is -2.41. The summed E-state index contributed by atoms with van der Waals surface area (Å²) < 4.78 is 0. The molecule has 1 unspecified atom stereocenters. The Balaban J connectivity index is 1.86. The third kappa shape index (κ3) is 4.32. The quantitative estimate of drug-likeness (QED) is 0.873. The molecule has 1 fully saturated rings. The van der Waals surface area contributed by atoms with E-state index in [9.17, 15) is 0 Å². The van der Waals surface area contributed by atoms with Crippen LogP contribution in [0.25, 0.3) is 0 Å². The molecular formula is C17H28N2. The third-order valence-electron chi connectivity index (χ3n) is 4.22. The molecule has 0 amide bonds. The number of likely N-dealkylation sites (tertiary alicyclic amines) is 1. The number of rotatable bonds is 5. The predicted octanol–water partition coefficient (Wildman–Crippen LogP) is 3.38. The van der Waals surface area contributed by atoms with Gasteiger partial charge in [-0.2, -0.15) is 0 Å². The largest absolute Gasteiger partial charge is 0.307 e. The fourth-order valence-corrected chi connectivity index (χ4v) is 2.89. The summed E-state index contributed by atoms with van der Waals surface area (Å²) in [7, 11) is 2.21. The van der Waals surface area contributed by atoms with E-state index in [-0.39, 0.29) is 0 Å². The zero-order chi connectivity index (χ0) is 13.7. The van der Waals surface area contributed by atoms with Gasteiger partial charge in [0.05, 0.1) is 0 Å². The minimum Gasteiger partial charge on any atom is -0.307 e. The van der Waals surface area contributed by atoms with E-state index in [2.05, 4.69) is 55.4 Å². The second kappa shape index (κ2) is 7.06. The molecule has 0 bridgehead atoms. The van der Waals surface area contributed by atoms with Gasteiger partial charge in [-0.05, 0) is 57.5 Å². The summed E-state index contributed by atoms with van der Waals surface area (Å²) in [6, 6.07) is 10.3. The Hall–Kier alpha value is -0.860. The SMILES string of the molecule is CCCc1ccc(C(C)NC2CCN(C)CC2)cc1. The Morgan fingerprint density at radius 3 is 2.42 bits per heavy atom. The fraction of sp³-hybridized carbons (Fsp3) is 0.647. The maximum atomic E-state index is 3.78. The van der Waals surface area contributed by atoms with Crippen LogP contribution in [-0.4, -0.2) is 31.1 Å². The predicted molar refractivity (Wildman–Crippen MR) is 82.5 cm³/mol. The second-order valence-electron chi connectivity index (χ2n) is 5.96. The van der Waals surface area contributed by atoms with Crippen LogP contribution in [-0.2, 0) is 6.42 Å². The molecule has 1 aromatic carbocycles. The van der Waals surface area contributed by atoms with Crippen molar-refractivity contribution in [3.8, 4) is 0 Å². The van der Waals surface area contributed by atoms with Gasteiger partial charge in [0.1, 0.15) is 0 Å². The number of benzene rings is 1. The van der Waals surface area contributed by atoms with Gasteiger partial charge in [0, 0.05) is 12.1 Å². The molecule has 1 saturated heterocycles. The van der Waals surface area contributed by atoms with Gasteiger partial charge in [0.2, 0.25) is 0 Å². The molecule has 0 aromatic heterocycles. The number of aryl methyl sites for hydroxylation is 1. The first-order valence-corrected chi connectivity index (χ1v) is 7.72. The molecule has 2 nitrogen and oxygen atoms in total. The van der Waals surface area contributed by atoms with E-state index in [1.54, 1.807) is 0 Å². The van der Waals surface area contributed by atoms with Gasteiger partial charge in [0.15, 0.2) is 0 Å². The minimum atomic E-state index is 0.462. The summed E-state index contributed by atoms with van der Waals surface area (Å²) in [5.41, 5.74) is 2.87. The molecule has 1 atom stereocenters. The first-order chi connectivity index (χ1) is 9.19. The van der Waals surface area contributed by atoms with Crippen LogP contribution in [0.4, 0.5) is 0 Å². The molecule has 0 aliphatic carbocycles. The molecule has 0 saturated carbocycles. The summed E-state index contributed by atoms with van der Waals surface area (Å²) in [5.74, 6) is 0. The van der Waals surface area contributed by atoms with Crippen molar-refractivity contribution in [3.05, 3.63) is 35.4 Å². The molecule has 1 aliphatic rings. The Morgan fingerprint density at radius 2 is 1.84 bits per heavy atom. The molecule has 19 heavy (non-hydrogen) atoms. The first kappa shape index (κ1) is 14.5. The standard InChI is InChI=1S/C17H28N2/c1-4-5-15-6-8-16(9-7-15)14(2)18-17-10-12-19(3)13-11-17/h6-9,14,17-18H,4-5,10-13H2,1-3H3. The summed E-state index contributed by atoms with van der Waals surface area (Å²) in [5, 5.41) is 3.78. The van der Waals surface area contributed by atoms with Crippen molar-refractivity contribution in [1.82, 2.24) is 10.2 Å². The molecular weight excluding hydrogens is 232 g/mol. The average molecular weight is 260 g/mol. The van der Waals surface area contributed by atoms with E-state index in [1.165, 1.54) is 49.9 Å². The van der Waals surface area contributed by atoms with Gasteiger partial charge < -0.3 is 10.2 Å². The van der Waals surface area contributed by atoms with Gasteiger partial charge in [0.25, 0.3) is 0 Å². The Labute approximate surface area is 118 Å². The maximum absolute atomic E-state index is 3.78. The normalized spacial score (nSPS) is 19.5. The highest BCUT2D eigenvalue weighted by molar-refractivity contribution is 5.24. The monoisotopic (exact) mass is 260 g/mol. The molecule has 1 aliphatic heterocycles. The van der Waals surface area contributed by atoms with Crippen molar-refractivity contribution < 1.29 is 0 Å². The van der Waals surface area contributed by atoms with Gasteiger partial charge in [-0.25, -0.2) is 0 Å². The zero-order valence-electron chi connectivity index (χ0n) is 12.7. The van der Waals surface area contributed by atoms with Crippen LogP contribution >= 0.6 is 0 Å². The van der Waals surface area contributed by atoms with Gasteiger partial charge in [-0.15, -0.1) is 0 Å². The van der Waals surface area contributed by atoms with Gasteiger partial charge >= 0.3 is 0 Å². The van der Waals surface area contributed by atoms with Crippen LogP contribution < -0.4 is 5.32 Å². The van der Waals surface area contributed by atoms with E-state index >= 15 is 0 Å². The van der Waals surface area contributed by atoms with E-state index < -0.39 is 0 Å². The molecule has 106 valence electrons. The van der Waals surface area contributed by atoms with Gasteiger partial charge in [-0.3, -0.25) is 0 Å². The molecule has 0 radical (unpaired) electrons. The lowest BCUT2D eigenvalue weighted by Gasteiger charge is -2.31. The zero-order valence-corrected chi connectivity index (χ0v) is 12.7. The lowest BCUT2D eigenvalue weighted by molar-refractivity contribution is 0.226. The molecule has 1 N–H and O–H groups in total. The highest BCUT2D eigenvalue weighted by atomic mass is 15.1. The van der Waals surface area contributed by atoms with Crippen LogP contribution in [0.15, 0.2) is 24.3 Å². The number of piperidine rings is 1. The smallest absolute Gasteiger partial charge is 0.0294 e. The van der Waals surface area contributed by atoms with E-state index in [4.69, 9.17) is 0 Å². The Kier molecular flexibility index (Phi) is 5.41. The molecule has 0 spiro atoms. The summed E-state index contributed by atoms with van der Waals surface area (Å²) in [6.45, 7) is 6.96. The number of nitrogens with zero attached hydrogens (tertiary/aromatic N) is 1. The van der Waals surface area contributed by atoms with E-state index in [1.807, 2.05) is 0 Å². The van der Waals surface area contributed by atoms with Crippen LogP contribution in [0.1, 0.15) is 50.3 Å². The van der Waals surface area contributed by atoms with E-state index in [0.717, 1.165) is 0 Å². The summed E-state index contributed by atoms with van der Waals surface area (Å²) in [4.78, 5) is 2.42. The minimum absolute atomic E-state index is 0.462. The van der Waals surface area contributed by atoms with Crippen LogP contribution in [0.3, 0.4) is 0 Å². The highest BCUT2D eigenvalue weighted by Gasteiger charge is 2.18. The third-order valence-corrected chi connectivity index (χ3v) is 4.22. The van der Waals surface area contributed by atoms with Crippen molar-refractivity contribution in [2.75, 3.05) is 20.1 Å². The Morgan fingerprint density at radius 1 is 1.21 bits per heavy atom. The van der Waals surface area contributed by atoms with Crippen molar-refractivity contribution in [1.29, 1.82) is 0 Å². The van der Waals surface area contributed by atoms with Crippen molar-refractivity contribution >= 4 is 0 Å². The summed E-state index contributed by atoms with van der Waals surface area (Å²) in [6.07, 6.45) is 4.96. The topological polar surface area (TPSA) is 15.3 Å². The number of hydrogen-bond acceptors (Lipinski definition) is 2. The maximum Gasteiger partial charge on any atom is 0.0294 e. The summed E-state index contributed by atoms with van der Waals surface area (Å²) >= 11 is 0. The first-order valence-electron chi connectivity index (χ1n) is 7.72. The van der Waals surface area contributed by atoms with Gasteiger partial charge in [-0.1, -0.05) is 37.6 Å².